The van der Waals surface area contributed by atoms with Gasteiger partial charge in [0.25, 0.3) is 5.69 Å². The van der Waals surface area contributed by atoms with Gasteiger partial charge in [-0.05, 0) is 37.3 Å². The summed E-state index contributed by atoms with van der Waals surface area (Å²) in [6.45, 7) is 2.31. The lowest BCUT2D eigenvalue weighted by Crippen LogP contribution is -2.10. The molecule has 0 atom stereocenters. The van der Waals surface area contributed by atoms with E-state index in [1.165, 1.54) is 20.0 Å². The average molecular weight is 262 g/mol. The molecular weight excluding hydrogens is 244 g/mol. The monoisotopic (exact) mass is 262 g/mol. The maximum atomic E-state index is 11.2. The summed E-state index contributed by atoms with van der Waals surface area (Å²) in [5, 5.41) is 11.2. The van der Waals surface area contributed by atoms with Gasteiger partial charge in [-0.3, -0.25) is 10.1 Å². The lowest BCUT2D eigenvalue weighted by Gasteiger charge is -2.10. The van der Waals surface area contributed by atoms with E-state index < -0.39 is 0 Å². The molecule has 0 radical (unpaired) electrons. The van der Waals surface area contributed by atoms with Crippen molar-refractivity contribution in [3.05, 3.63) is 45.6 Å². The zero-order chi connectivity index (χ0) is 13.7. The molecule has 2 rings (SSSR count). The quantitative estimate of drug-likeness (QED) is 0.605. The minimum Gasteiger partial charge on any atom is -0.380 e. The highest BCUT2D eigenvalue weighted by Gasteiger charge is 2.18. The van der Waals surface area contributed by atoms with E-state index in [4.69, 9.17) is 4.74 Å². The maximum absolute atomic E-state index is 11.2. The van der Waals surface area contributed by atoms with E-state index in [1.54, 1.807) is 12.1 Å². The molecule has 1 aromatic rings. The SMILES string of the molecule is COCc1cccc(C=CN2CCCC2)c1[N+](=O)[O-]. The number of hydrogen-bond donors (Lipinski definition) is 0. The van der Waals surface area contributed by atoms with Crippen LogP contribution in [0.3, 0.4) is 0 Å². The highest BCUT2D eigenvalue weighted by atomic mass is 16.6. The minimum absolute atomic E-state index is 0.139. The molecule has 102 valence electrons. The van der Waals surface area contributed by atoms with Crippen LogP contribution in [0, 0.1) is 10.1 Å². The molecule has 1 fully saturated rings. The summed E-state index contributed by atoms with van der Waals surface area (Å²) in [7, 11) is 1.54. The lowest BCUT2D eigenvalue weighted by atomic mass is 10.1. The molecule has 1 heterocycles. The molecule has 0 amide bonds. The Hall–Kier alpha value is -1.88. The molecule has 0 aromatic heterocycles. The second kappa shape index (κ2) is 6.33. The van der Waals surface area contributed by atoms with Crippen LogP contribution in [-0.2, 0) is 11.3 Å². The van der Waals surface area contributed by atoms with Gasteiger partial charge in [-0.25, -0.2) is 0 Å². The topological polar surface area (TPSA) is 55.6 Å². The number of rotatable bonds is 5. The van der Waals surface area contributed by atoms with Crippen molar-refractivity contribution in [1.29, 1.82) is 0 Å². The molecule has 1 aliphatic heterocycles. The Kier molecular flexibility index (Phi) is 4.52. The van der Waals surface area contributed by atoms with Gasteiger partial charge in [0, 0.05) is 20.2 Å². The van der Waals surface area contributed by atoms with Crippen molar-refractivity contribution in [2.75, 3.05) is 20.2 Å². The molecule has 0 aliphatic carbocycles. The Morgan fingerprint density at radius 1 is 1.42 bits per heavy atom. The van der Waals surface area contributed by atoms with Crippen molar-refractivity contribution in [2.45, 2.75) is 19.4 Å². The third kappa shape index (κ3) is 3.32. The molecule has 5 nitrogen and oxygen atoms in total. The van der Waals surface area contributed by atoms with E-state index in [-0.39, 0.29) is 17.2 Å². The summed E-state index contributed by atoms with van der Waals surface area (Å²) in [4.78, 5) is 13.1. The van der Waals surface area contributed by atoms with Gasteiger partial charge in [0.1, 0.15) is 0 Å². The summed E-state index contributed by atoms with van der Waals surface area (Å²) in [6, 6.07) is 5.32. The molecule has 0 spiro atoms. The molecule has 1 aromatic carbocycles. The van der Waals surface area contributed by atoms with Crippen LogP contribution in [-0.4, -0.2) is 30.0 Å². The molecule has 0 bridgehead atoms. The number of para-hydroxylation sites is 1. The summed E-state index contributed by atoms with van der Waals surface area (Å²) >= 11 is 0. The van der Waals surface area contributed by atoms with Crippen LogP contribution in [0.1, 0.15) is 24.0 Å². The minimum atomic E-state index is -0.335. The van der Waals surface area contributed by atoms with E-state index in [0.717, 1.165) is 13.1 Å². The Labute approximate surface area is 112 Å². The van der Waals surface area contributed by atoms with Gasteiger partial charge in [0.2, 0.25) is 0 Å². The van der Waals surface area contributed by atoms with Gasteiger partial charge in [-0.1, -0.05) is 6.07 Å². The van der Waals surface area contributed by atoms with Crippen molar-refractivity contribution in [3.8, 4) is 0 Å². The van der Waals surface area contributed by atoms with Gasteiger partial charge in [0.15, 0.2) is 0 Å². The fourth-order valence-corrected chi connectivity index (χ4v) is 2.32. The smallest absolute Gasteiger partial charge is 0.282 e. The van der Waals surface area contributed by atoms with Crippen LogP contribution < -0.4 is 0 Å². The first-order valence-electron chi connectivity index (χ1n) is 6.40. The van der Waals surface area contributed by atoms with E-state index in [2.05, 4.69) is 4.90 Å². The van der Waals surface area contributed by atoms with Crippen molar-refractivity contribution in [1.82, 2.24) is 4.90 Å². The number of hydrogen-bond acceptors (Lipinski definition) is 4. The molecular formula is C14H18N2O3. The van der Waals surface area contributed by atoms with Gasteiger partial charge < -0.3 is 9.64 Å². The second-order valence-corrected chi connectivity index (χ2v) is 4.60. The first-order chi connectivity index (χ1) is 9.22. The highest BCUT2D eigenvalue weighted by molar-refractivity contribution is 5.63. The number of nitrogens with zero attached hydrogens (tertiary/aromatic N) is 2. The van der Waals surface area contributed by atoms with Crippen LogP contribution in [0.5, 0.6) is 0 Å². The first-order valence-corrected chi connectivity index (χ1v) is 6.40. The van der Waals surface area contributed by atoms with Crippen molar-refractivity contribution in [3.63, 3.8) is 0 Å². The van der Waals surface area contributed by atoms with Crippen LogP contribution >= 0.6 is 0 Å². The van der Waals surface area contributed by atoms with Crippen LogP contribution in [0.15, 0.2) is 24.4 Å². The Morgan fingerprint density at radius 2 is 2.16 bits per heavy atom. The van der Waals surface area contributed by atoms with Gasteiger partial charge in [0.05, 0.1) is 22.7 Å². The van der Waals surface area contributed by atoms with Crippen LogP contribution in [0.25, 0.3) is 6.08 Å². The fourth-order valence-electron chi connectivity index (χ4n) is 2.32. The summed E-state index contributed by atoms with van der Waals surface area (Å²) in [5.74, 6) is 0. The molecule has 19 heavy (non-hydrogen) atoms. The van der Waals surface area contributed by atoms with Gasteiger partial charge in [-0.15, -0.1) is 0 Å². The number of methoxy groups -OCH3 is 1. The molecule has 1 aliphatic rings. The molecule has 1 saturated heterocycles. The molecule has 0 unspecified atom stereocenters. The van der Waals surface area contributed by atoms with E-state index in [0.29, 0.717) is 11.1 Å². The lowest BCUT2D eigenvalue weighted by molar-refractivity contribution is -0.386. The van der Waals surface area contributed by atoms with E-state index >= 15 is 0 Å². The molecule has 0 N–H and O–H groups in total. The zero-order valence-electron chi connectivity index (χ0n) is 11.0. The fraction of sp³-hybridized carbons (Fsp3) is 0.429. The summed E-state index contributed by atoms with van der Waals surface area (Å²) < 4.78 is 5.01. The van der Waals surface area contributed by atoms with E-state index in [1.807, 2.05) is 18.3 Å². The molecule has 0 saturated carbocycles. The van der Waals surface area contributed by atoms with Gasteiger partial charge in [-0.2, -0.15) is 0 Å². The van der Waals surface area contributed by atoms with Crippen LogP contribution in [0.4, 0.5) is 5.69 Å². The Balaban J connectivity index is 2.27. The van der Waals surface area contributed by atoms with Crippen molar-refractivity contribution < 1.29 is 9.66 Å². The number of nitro benzene ring substituents is 1. The first kappa shape index (κ1) is 13.5. The van der Waals surface area contributed by atoms with Crippen LogP contribution in [0.2, 0.25) is 0 Å². The predicted octanol–water partition coefficient (Wildman–Crippen LogP) is 2.81. The van der Waals surface area contributed by atoms with Crippen molar-refractivity contribution in [2.24, 2.45) is 0 Å². The Morgan fingerprint density at radius 3 is 2.79 bits per heavy atom. The van der Waals surface area contributed by atoms with Crippen molar-refractivity contribution >= 4 is 11.8 Å². The third-order valence-electron chi connectivity index (χ3n) is 3.24. The predicted molar refractivity (Wildman–Crippen MR) is 73.7 cm³/mol. The van der Waals surface area contributed by atoms with Gasteiger partial charge >= 0.3 is 0 Å². The van der Waals surface area contributed by atoms with E-state index in [9.17, 15) is 10.1 Å². The number of likely N-dealkylation sites (tertiary alicyclic amines) is 1. The number of nitro groups is 1. The maximum Gasteiger partial charge on any atom is 0.282 e. The standard InChI is InChI=1S/C14H18N2O3/c1-19-11-13-6-4-5-12(14(13)16(17)18)7-10-15-8-2-3-9-15/h4-7,10H,2-3,8-9,11H2,1H3. The Bertz CT molecular complexity index is 480. The summed E-state index contributed by atoms with van der Waals surface area (Å²) in [5.41, 5.74) is 1.38. The largest absolute Gasteiger partial charge is 0.380 e. The highest BCUT2D eigenvalue weighted by Crippen LogP contribution is 2.26. The molecule has 5 heteroatoms. The normalized spacial score (nSPS) is 15.3. The second-order valence-electron chi connectivity index (χ2n) is 4.60. The zero-order valence-corrected chi connectivity index (χ0v) is 11.0. The number of ether oxygens (including phenoxy) is 1. The third-order valence-corrected chi connectivity index (χ3v) is 3.24. The number of benzene rings is 1. The summed E-state index contributed by atoms with van der Waals surface area (Å²) in [6.07, 6.45) is 6.15. The average Bonchev–Trinajstić information content (AvgIpc) is 2.89.